The maximum Gasteiger partial charge on any atom is 0.277 e. The summed E-state index contributed by atoms with van der Waals surface area (Å²) in [6, 6.07) is 12.1. The molecule has 0 atom stereocenters. The number of carbonyl (C=O) groups is 1. The van der Waals surface area contributed by atoms with Crippen LogP contribution < -0.4 is 0 Å². The second kappa shape index (κ2) is 8.35. The average molecular weight is 385 g/mol. The first-order valence-corrected chi connectivity index (χ1v) is 9.42. The molecule has 0 unspecified atom stereocenters. The molecule has 2 aromatic carbocycles. The first-order chi connectivity index (χ1) is 12.9. The third-order valence-electron chi connectivity index (χ3n) is 3.95. The van der Waals surface area contributed by atoms with Gasteiger partial charge in [-0.25, -0.2) is 4.39 Å². The number of aromatic nitrogens is 2. The number of halogens is 1. The minimum atomic E-state index is -0.292. The number of rotatable bonds is 6. The van der Waals surface area contributed by atoms with Gasteiger partial charge in [-0.3, -0.25) is 4.79 Å². The van der Waals surface area contributed by atoms with Crippen molar-refractivity contribution in [2.75, 3.05) is 12.8 Å². The summed E-state index contributed by atoms with van der Waals surface area (Å²) in [6.07, 6.45) is 0. The van der Waals surface area contributed by atoms with Crippen molar-refractivity contribution in [3.8, 4) is 11.5 Å². The Balaban J connectivity index is 1.57. The van der Waals surface area contributed by atoms with E-state index < -0.39 is 0 Å². The molecule has 27 heavy (non-hydrogen) atoms. The van der Waals surface area contributed by atoms with Crippen molar-refractivity contribution in [3.05, 3.63) is 65.0 Å². The monoisotopic (exact) mass is 385 g/mol. The first-order valence-electron chi connectivity index (χ1n) is 8.44. The third-order valence-corrected chi connectivity index (χ3v) is 4.76. The van der Waals surface area contributed by atoms with E-state index in [4.69, 9.17) is 4.42 Å². The number of carbonyl (C=O) groups excluding carboxylic acids is 1. The Morgan fingerprint density at radius 3 is 2.44 bits per heavy atom. The molecule has 3 rings (SSSR count). The van der Waals surface area contributed by atoms with E-state index in [1.54, 1.807) is 24.1 Å². The summed E-state index contributed by atoms with van der Waals surface area (Å²) in [6.45, 7) is 4.44. The fourth-order valence-corrected chi connectivity index (χ4v) is 3.37. The van der Waals surface area contributed by atoms with Gasteiger partial charge in [-0.15, -0.1) is 10.2 Å². The SMILES string of the molecule is Cc1cc(C)cc(-c2nnc(SCC(=O)N(C)Cc3ccc(F)cc3)o2)c1. The normalized spacial score (nSPS) is 10.8. The second-order valence-electron chi connectivity index (χ2n) is 6.41. The second-order valence-corrected chi connectivity index (χ2v) is 7.34. The summed E-state index contributed by atoms with van der Waals surface area (Å²) in [5, 5.41) is 8.43. The molecule has 0 N–H and O–H groups in total. The van der Waals surface area contributed by atoms with Crippen molar-refractivity contribution in [2.45, 2.75) is 25.6 Å². The van der Waals surface area contributed by atoms with Crippen LogP contribution in [0.4, 0.5) is 4.39 Å². The number of benzene rings is 2. The molecule has 1 heterocycles. The van der Waals surface area contributed by atoms with Crippen molar-refractivity contribution in [1.82, 2.24) is 15.1 Å². The van der Waals surface area contributed by atoms with Crippen LogP contribution in [0.15, 0.2) is 52.1 Å². The highest BCUT2D eigenvalue weighted by Gasteiger charge is 2.14. The summed E-state index contributed by atoms with van der Waals surface area (Å²) in [4.78, 5) is 13.9. The van der Waals surface area contributed by atoms with Crippen LogP contribution in [0, 0.1) is 19.7 Å². The van der Waals surface area contributed by atoms with Crippen molar-refractivity contribution >= 4 is 17.7 Å². The lowest BCUT2D eigenvalue weighted by Crippen LogP contribution is -2.27. The zero-order chi connectivity index (χ0) is 19.4. The molecule has 0 saturated carbocycles. The summed E-state index contributed by atoms with van der Waals surface area (Å²) < 4.78 is 18.6. The minimum absolute atomic E-state index is 0.0736. The Hall–Kier alpha value is -2.67. The van der Waals surface area contributed by atoms with Gasteiger partial charge < -0.3 is 9.32 Å². The highest BCUT2D eigenvalue weighted by Crippen LogP contribution is 2.25. The molecule has 140 valence electrons. The Labute approximate surface area is 161 Å². The van der Waals surface area contributed by atoms with Gasteiger partial charge in [-0.05, 0) is 43.7 Å². The van der Waals surface area contributed by atoms with Crippen molar-refractivity contribution in [2.24, 2.45) is 0 Å². The molecule has 0 aliphatic carbocycles. The van der Waals surface area contributed by atoms with Crippen molar-refractivity contribution in [3.63, 3.8) is 0 Å². The number of thioether (sulfide) groups is 1. The molecule has 3 aromatic rings. The van der Waals surface area contributed by atoms with Crippen LogP contribution in [-0.2, 0) is 11.3 Å². The Bertz CT molecular complexity index is 920. The van der Waals surface area contributed by atoms with E-state index in [2.05, 4.69) is 16.3 Å². The van der Waals surface area contributed by atoms with Crippen LogP contribution in [0.2, 0.25) is 0 Å². The summed E-state index contributed by atoms with van der Waals surface area (Å²) >= 11 is 1.20. The zero-order valence-electron chi connectivity index (χ0n) is 15.4. The fraction of sp³-hybridized carbons (Fsp3) is 0.250. The molecular weight excluding hydrogens is 365 g/mol. The third kappa shape index (κ3) is 5.17. The summed E-state index contributed by atoms with van der Waals surface area (Å²) in [5.41, 5.74) is 3.98. The largest absolute Gasteiger partial charge is 0.411 e. The standard InChI is InChI=1S/C20H20FN3O2S/c1-13-8-14(2)10-16(9-13)19-22-23-20(26-19)27-12-18(25)24(3)11-15-4-6-17(21)7-5-15/h4-10H,11-12H2,1-3H3. The molecule has 0 fully saturated rings. The fourth-order valence-electron chi connectivity index (χ4n) is 2.67. The molecule has 7 heteroatoms. The number of amides is 1. The molecule has 1 aromatic heterocycles. The van der Waals surface area contributed by atoms with E-state index in [1.807, 2.05) is 26.0 Å². The number of hydrogen-bond acceptors (Lipinski definition) is 5. The van der Waals surface area contributed by atoms with Crippen LogP contribution in [0.25, 0.3) is 11.5 Å². The van der Waals surface area contributed by atoms with Crippen molar-refractivity contribution in [1.29, 1.82) is 0 Å². The number of nitrogens with zero attached hydrogens (tertiary/aromatic N) is 3. The smallest absolute Gasteiger partial charge is 0.277 e. The topological polar surface area (TPSA) is 59.2 Å². The van der Waals surface area contributed by atoms with Gasteiger partial charge in [0, 0.05) is 19.2 Å². The molecule has 5 nitrogen and oxygen atoms in total. The van der Waals surface area contributed by atoms with E-state index in [0.717, 1.165) is 22.3 Å². The van der Waals surface area contributed by atoms with Crippen LogP contribution in [0.1, 0.15) is 16.7 Å². The summed E-state index contributed by atoms with van der Waals surface area (Å²) in [7, 11) is 1.71. The average Bonchev–Trinajstić information content (AvgIpc) is 3.10. The number of aryl methyl sites for hydroxylation is 2. The molecular formula is C20H20FN3O2S. The van der Waals surface area contributed by atoms with Crippen LogP contribution in [0.5, 0.6) is 0 Å². The minimum Gasteiger partial charge on any atom is -0.411 e. The molecule has 1 amide bonds. The van der Waals surface area contributed by atoms with Gasteiger partial charge in [0.2, 0.25) is 11.8 Å². The van der Waals surface area contributed by atoms with E-state index >= 15 is 0 Å². The van der Waals surface area contributed by atoms with Crippen LogP contribution in [-0.4, -0.2) is 33.8 Å². The van der Waals surface area contributed by atoms with Gasteiger partial charge in [0.25, 0.3) is 5.22 Å². The lowest BCUT2D eigenvalue weighted by Gasteiger charge is -2.16. The lowest BCUT2D eigenvalue weighted by molar-refractivity contribution is -0.127. The molecule has 0 aliphatic rings. The summed E-state index contributed by atoms with van der Waals surface area (Å²) in [5.74, 6) is 0.262. The van der Waals surface area contributed by atoms with Crippen LogP contribution in [0.3, 0.4) is 0 Å². The molecule has 0 spiro atoms. The van der Waals surface area contributed by atoms with E-state index in [0.29, 0.717) is 17.7 Å². The lowest BCUT2D eigenvalue weighted by atomic mass is 10.1. The molecule has 0 saturated heterocycles. The predicted octanol–water partition coefficient (Wildman–Crippen LogP) is 4.24. The van der Waals surface area contributed by atoms with Crippen LogP contribution >= 0.6 is 11.8 Å². The van der Waals surface area contributed by atoms with Gasteiger partial charge >= 0.3 is 0 Å². The quantitative estimate of drug-likeness (QED) is 0.594. The Morgan fingerprint density at radius 2 is 1.78 bits per heavy atom. The maximum atomic E-state index is 13.0. The molecule has 0 bridgehead atoms. The van der Waals surface area contributed by atoms with E-state index in [1.165, 1.54) is 23.9 Å². The van der Waals surface area contributed by atoms with Gasteiger partial charge in [0.15, 0.2) is 0 Å². The maximum absolute atomic E-state index is 13.0. The van der Waals surface area contributed by atoms with Gasteiger partial charge in [-0.2, -0.15) is 0 Å². The van der Waals surface area contributed by atoms with Gasteiger partial charge in [-0.1, -0.05) is 41.1 Å². The first kappa shape index (κ1) is 19.1. The zero-order valence-corrected chi connectivity index (χ0v) is 16.2. The predicted molar refractivity (Wildman–Crippen MR) is 103 cm³/mol. The van der Waals surface area contributed by atoms with E-state index in [-0.39, 0.29) is 17.5 Å². The number of hydrogen-bond donors (Lipinski definition) is 0. The molecule has 0 radical (unpaired) electrons. The highest BCUT2D eigenvalue weighted by molar-refractivity contribution is 7.99. The highest BCUT2D eigenvalue weighted by atomic mass is 32.2. The Kier molecular flexibility index (Phi) is 5.91. The van der Waals surface area contributed by atoms with E-state index in [9.17, 15) is 9.18 Å². The Morgan fingerprint density at radius 1 is 1.11 bits per heavy atom. The molecule has 0 aliphatic heterocycles. The van der Waals surface area contributed by atoms with Gasteiger partial charge in [0.1, 0.15) is 5.82 Å². The van der Waals surface area contributed by atoms with Crippen molar-refractivity contribution < 1.29 is 13.6 Å². The van der Waals surface area contributed by atoms with Gasteiger partial charge in [0.05, 0.1) is 5.75 Å².